The lowest BCUT2D eigenvalue weighted by Gasteiger charge is -2.24. The predicted octanol–water partition coefficient (Wildman–Crippen LogP) is 4.10. The highest BCUT2D eigenvalue weighted by molar-refractivity contribution is 6.33. The molecule has 132 valence electrons. The van der Waals surface area contributed by atoms with Crippen LogP contribution in [0.1, 0.15) is 12.0 Å². The Kier molecular flexibility index (Phi) is 5.50. The van der Waals surface area contributed by atoms with Crippen LogP contribution in [0.25, 0.3) is 0 Å². The second-order valence-electron chi connectivity index (χ2n) is 6.14. The Labute approximate surface area is 150 Å². The van der Waals surface area contributed by atoms with Crippen molar-refractivity contribution in [2.75, 3.05) is 31.1 Å². The molecule has 1 fully saturated rings. The molecule has 2 aromatic rings. The van der Waals surface area contributed by atoms with Gasteiger partial charge in [0.15, 0.2) is 0 Å². The van der Waals surface area contributed by atoms with Crippen LogP contribution in [-0.2, 0) is 6.54 Å². The Hall–Kier alpha value is -2.18. The third-order valence-corrected chi connectivity index (χ3v) is 4.69. The van der Waals surface area contributed by atoms with E-state index in [1.807, 2.05) is 12.1 Å². The Balaban J connectivity index is 1.65. The summed E-state index contributed by atoms with van der Waals surface area (Å²) >= 11 is 6.25. The van der Waals surface area contributed by atoms with Gasteiger partial charge in [-0.05, 0) is 30.2 Å². The summed E-state index contributed by atoms with van der Waals surface area (Å²) in [5.74, 6) is -0.224. The van der Waals surface area contributed by atoms with Crippen LogP contribution < -0.4 is 4.90 Å². The molecule has 0 bridgehead atoms. The lowest BCUT2D eigenvalue weighted by atomic mass is 10.2. The molecular weight excluding hydrogens is 345 g/mol. The van der Waals surface area contributed by atoms with Gasteiger partial charge >= 0.3 is 0 Å². The highest BCUT2D eigenvalue weighted by atomic mass is 35.5. The number of nitro groups is 1. The molecule has 1 aliphatic heterocycles. The van der Waals surface area contributed by atoms with Crippen LogP contribution >= 0.6 is 11.6 Å². The zero-order chi connectivity index (χ0) is 17.8. The Bertz CT molecular complexity index is 754. The van der Waals surface area contributed by atoms with Gasteiger partial charge in [-0.25, -0.2) is 4.39 Å². The number of nitro benzene ring substituents is 1. The maximum Gasteiger partial charge on any atom is 0.271 e. The molecule has 0 radical (unpaired) electrons. The summed E-state index contributed by atoms with van der Waals surface area (Å²) in [6.07, 6.45) is 0.967. The van der Waals surface area contributed by atoms with Crippen molar-refractivity contribution in [3.05, 3.63) is 69.0 Å². The summed E-state index contributed by atoms with van der Waals surface area (Å²) in [7, 11) is 0. The maximum atomic E-state index is 13.0. The molecule has 7 heteroatoms. The molecule has 0 aliphatic carbocycles. The van der Waals surface area contributed by atoms with Gasteiger partial charge < -0.3 is 4.90 Å². The molecule has 5 nitrogen and oxygen atoms in total. The molecule has 0 unspecified atom stereocenters. The van der Waals surface area contributed by atoms with E-state index in [9.17, 15) is 14.5 Å². The third kappa shape index (κ3) is 4.46. The van der Waals surface area contributed by atoms with Gasteiger partial charge in [-0.3, -0.25) is 15.0 Å². The molecule has 3 rings (SSSR count). The molecule has 0 spiro atoms. The SMILES string of the molecule is O=[N+]([O-])c1ccc(N2CCCN(Cc3ccc(F)cc3)CC2)c(Cl)c1. The van der Waals surface area contributed by atoms with Crippen molar-refractivity contribution in [2.45, 2.75) is 13.0 Å². The topological polar surface area (TPSA) is 49.6 Å². The van der Waals surface area contributed by atoms with E-state index in [0.717, 1.165) is 50.4 Å². The first-order chi connectivity index (χ1) is 12.0. The number of hydrogen-bond acceptors (Lipinski definition) is 4. The van der Waals surface area contributed by atoms with Crippen LogP contribution in [0.4, 0.5) is 15.8 Å². The van der Waals surface area contributed by atoms with Crippen molar-refractivity contribution in [2.24, 2.45) is 0 Å². The fourth-order valence-electron chi connectivity index (χ4n) is 3.08. The number of non-ortho nitro benzene ring substituents is 1. The molecule has 2 aromatic carbocycles. The second-order valence-corrected chi connectivity index (χ2v) is 6.54. The first-order valence-corrected chi connectivity index (χ1v) is 8.56. The van der Waals surface area contributed by atoms with Gasteiger partial charge in [0.2, 0.25) is 0 Å². The average molecular weight is 364 g/mol. The summed E-state index contributed by atoms with van der Waals surface area (Å²) in [5, 5.41) is 11.2. The number of anilines is 1. The van der Waals surface area contributed by atoms with Crippen LogP contribution in [0, 0.1) is 15.9 Å². The van der Waals surface area contributed by atoms with Crippen LogP contribution in [0.5, 0.6) is 0 Å². The monoisotopic (exact) mass is 363 g/mol. The summed E-state index contributed by atoms with van der Waals surface area (Å²) in [6, 6.07) is 11.2. The molecule has 25 heavy (non-hydrogen) atoms. The summed E-state index contributed by atoms with van der Waals surface area (Å²) < 4.78 is 13.0. The number of halogens is 2. The van der Waals surface area contributed by atoms with Crippen molar-refractivity contribution >= 4 is 23.0 Å². The lowest BCUT2D eigenvalue weighted by molar-refractivity contribution is -0.384. The van der Waals surface area contributed by atoms with Crippen LogP contribution in [0.3, 0.4) is 0 Å². The van der Waals surface area contributed by atoms with Gasteiger partial charge in [-0.15, -0.1) is 0 Å². The molecule has 0 saturated carbocycles. The molecule has 0 amide bonds. The molecule has 0 aromatic heterocycles. The molecular formula is C18H19ClFN3O2. The van der Waals surface area contributed by atoms with Crippen molar-refractivity contribution in [1.29, 1.82) is 0 Å². The minimum Gasteiger partial charge on any atom is -0.369 e. The molecule has 0 N–H and O–H groups in total. The van der Waals surface area contributed by atoms with Gasteiger partial charge in [0, 0.05) is 44.9 Å². The van der Waals surface area contributed by atoms with E-state index in [-0.39, 0.29) is 11.5 Å². The Morgan fingerprint density at radius 3 is 2.52 bits per heavy atom. The maximum absolute atomic E-state index is 13.0. The number of nitrogens with zero attached hydrogens (tertiary/aromatic N) is 3. The normalized spacial score (nSPS) is 15.8. The van der Waals surface area contributed by atoms with Crippen LogP contribution in [0.2, 0.25) is 5.02 Å². The first kappa shape index (κ1) is 17.6. The largest absolute Gasteiger partial charge is 0.369 e. The minimum absolute atomic E-state index is 0.00140. The highest BCUT2D eigenvalue weighted by Crippen LogP contribution is 2.30. The average Bonchev–Trinajstić information content (AvgIpc) is 2.82. The van der Waals surface area contributed by atoms with Gasteiger partial charge in [-0.2, -0.15) is 0 Å². The van der Waals surface area contributed by atoms with Crippen LogP contribution in [0.15, 0.2) is 42.5 Å². The smallest absolute Gasteiger partial charge is 0.271 e. The van der Waals surface area contributed by atoms with E-state index in [1.54, 1.807) is 6.07 Å². The zero-order valence-electron chi connectivity index (χ0n) is 13.7. The number of rotatable bonds is 4. The molecule has 1 saturated heterocycles. The Morgan fingerprint density at radius 1 is 1.08 bits per heavy atom. The highest BCUT2D eigenvalue weighted by Gasteiger charge is 2.19. The van der Waals surface area contributed by atoms with E-state index in [0.29, 0.717) is 5.02 Å². The Morgan fingerprint density at radius 2 is 1.84 bits per heavy atom. The fourth-order valence-corrected chi connectivity index (χ4v) is 3.38. The van der Waals surface area contributed by atoms with Crippen LogP contribution in [-0.4, -0.2) is 36.0 Å². The van der Waals surface area contributed by atoms with E-state index in [4.69, 9.17) is 11.6 Å². The van der Waals surface area contributed by atoms with Gasteiger partial charge in [0.05, 0.1) is 15.6 Å². The standard InChI is InChI=1S/C18H19ClFN3O2/c19-17-12-16(23(24)25)6-7-18(17)22-9-1-8-21(10-11-22)13-14-2-4-15(20)5-3-14/h2-7,12H,1,8-11,13H2. The quantitative estimate of drug-likeness (QED) is 0.606. The van der Waals surface area contributed by atoms with Crippen molar-refractivity contribution in [1.82, 2.24) is 4.90 Å². The van der Waals surface area contributed by atoms with Crippen molar-refractivity contribution < 1.29 is 9.31 Å². The number of benzene rings is 2. The van der Waals surface area contributed by atoms with Crippen molar-refractivity contribution in [3.63, 3.8) is 0 Å². The first-order valence-electron chi connectivity index (χ1n) is 8.18. The molecule has 1 aliphatic rings. The molecule has 1 heterocycles. The third-order valence-electron chi connectivity index (χ3n) is 4.39. The summed E-state index contributed by atoms with van der Waals surface area (Å²) in [4.78, 5) is 14.9. The van der Waals surface area contributed by atoms with E-state index in [2.05, 4.69) is 9.80 Å². The zero-order valence-corrected chi connectivity index (χ0v) is 14.5. The summed E-state index contributed by atoms with van der Waals surface area (Å²) in [5.41, 5.74) is 1.92. The van der Waals surface area contributed by atoms with E-state index < -0.39 is 4.92 Å². The lowest BCUT2D eigenvalue weighted by Crippen LogP contribution is -2.30. The molecule has 0 atom stereocenters. The van der Waals surface area contributed by atoms with E-state index >= 15 is 0 Å². The fraction of sp³-hybridized carbons (Fsp3) is 0.333. The van der Waals surface area contributed by atoms with Gasteiger partial charge in [0.25, 0.3) is 5.69 Å². The van der Waals surface area contributed by atoms with E-state index in [1.165, 1.54) is 24.3 Å². The van der Waals surface area contributed by atoms with Crippen molar-refractivity contribution in [3.8, 4) is 0 Å². The second kappa shape index (κ2) is 7.80. The van der Waals surface area contributed by atoms with Gasteiger partial charge in [0.1, 0.15) is 5.82 Å². The van der Waals surface area contributed by atoms with Gasteiger partial charge in [-0.1, -0.05) is 23.7 Å². The summed E-state index contributed by atoms with van der Waals surface area (Å²) in [6.45, 7) is 4.21. The minimum atomic E-state index is -0.442. The number of hydrogen-bond donors (Lipinski definition) is 0. The predicted molar refractivity (Wildman–Crippen MR) is 96.6 cm³/mol.